The molecule has 122 valence electrons. The number of aromatic hydroxyl groups is 1. The largest absolute Gasteiger partial charge is 0.502 e. The van der Waals surface area contributed by atoms with Crippen LogP contribution in [0.4, 0.5) is 5.69 Å². The molecule has 1 heterocycles. The lowest BCUT2D eigenvalue weighted by Gasteiger charge is -2.00. The summed E-state index contributed by atoms with van der Waals surface area (Å²) in [5.41, 5.74) is 0.677. The van der Waals surface area contributed by atoms with Gasteiger partial charge in [-0.15, -0.1) is 5.10 Å². The van der Waals surface area contributed by atoms with Gasteiger partial charge in [0.15, 0.2) is 0 Å². The topological polar surface area (TPSA) is 93.0 Å². The zero-order chi connectivity index (χ0) is 17.3. The van der Waals surface area contributed by atoms with Crippen molar-refractivity contribution >= 4 is 45.1 Å². The number of nitrogens with zero attached hydrogens (tertiary/aromatic N) is 4. The summed E-state index contributed by atoms with van der Waals surface area (Å²) in [6.07, 6.45) is 1.23. The molecule has 2 aromatic carbocycles. The van der Waals surface area contributed by atoms with Crippen molar-refractivity contribution in [3.05, 3.63) is 61.9 Å². The molecule has 0 amide bonds. The molecule has 0 atom stereocenters. The summed E-state index contributed by atoms with van der Waals surface area (Å²) in [5.74, 6) is -0.496. The Morgan fingerprint density at radius 3 is 2.83 bits per heavy atom. The number of nitro groups is 1. The van der Waals surface area contributed by atoms with Gasteiger partial charge >= 0.3 is 5.69 Å². The second-order valence-corrected chi connectivity index (χ2v) is 6.32. The average molecular weight is 363 g/mol. The molecule has 0 aliphatic carbocycles. The van der Waals surface area contributed by atoms with Crippen molar-refractivity contribution in [3.63, 3.8) is 0 Å². The molecule has 0 unspecified atom stereocenters. The third-order valence-electron chi connectivity index (χ3n) is 3.34. The molecule has 0 saturated carbocycles. The van der Waals surface area contributed by atoms with Crippen LogP contribution in [0.2, 0.25) is 5.02 Å². The Labute approximate surface area is 144 Å². The zero-order valence-electron chi connectivity index (χ0n) is 12.4. The summed E-state index contributed by atoms with van der Waals surface area (Å²) in [6, 6.07) is 10.3. The van der Waals surface area contributed by atoms with Gasteiger partial charge in [-0.05, 0) is 18.2 Å². The monoisotopic (exact) mass is 362 g/mol. The fourth-order valence-electron chi connectivity index (χ4n) is 2.16. The van der Waals surface area contributed by atoms with E-state index in [1.807, 2.05) is 35.9 Å². The SMILES string of the molecule is Cn1/c(=N\N=C/c2cc(Cl)cc([N+](=O)[O-])c2O)sc2ccccc21. The molecule has 1 aromatic heterocycles. The van der Waals surface area contributed by atoms with Gasteiger partial charge in [-0.2, -0.15) is 5.10 Å². The van der Waals surface area contributed by atoms with E-state index in [4.69, 9.17) is 11.6 Å². The molecular formula is C15H11ClN4O3S. The van der Waals surface area contributed by atoms with Gasteiger partial charge in [-0.3, -0.25) is 10.1 Å². The molecule has 9 heteroatoms. The average Bonchev–Trinajstić information content (AvgIpc) is 2.87. The summed E-state index contributed by atoms with van der Waals surface area (Å²) in [7, 11) is 1.87. The molecule has 0 fully saturated rings. The fraction of sp³-hybridized carbons (Fsp3) is 0.0667. The maximum absolute atomic E-state index is 10.9. The van der Waals surface area contributed by atoms with Crippen LogP contribution in [0.5, 0.6) is 5.75 Å². The van der Waals surface area contributed by atoms with Crippen LogP contribution in [0.3, 0.4) is 0 Å². The van der Waals surface area contributed by atoms with E-state index in [0.717, 1.165) is 16.3 Å². The Kier molecular flexibility index (Phi) is 4.32. The number of fused-ring (bicyclic) bond motifs is 1. The van der Waals surface area contributed by atoms with Crippen molar-refractivity contribution in [3.8, 4) is 5.75 Å². The number of para-hydroxylation sites is 1. The van der Waals surface area contributed by atoms with Gasteiger partial charge in [-0.25, -0.2) is 0 Å². The highest BCUT2D eigenvalue weighted by Crippen LogP contribution is 2.32. The van der Waals surface area contributed by atoms with Crippen molar-refractivity contribution in [2.24, 2.45) is 17.3 Å². The van der Waals surface area contributed by atoms with E-state index in [1.54, 1.807) is 0 Å². The van der Waals surface area contributed by atoms with Gasteiger partial charge in [0.1, 0.15) is 0 Å². The third-order valence-corrected chi connectivity index (χ3v) is 4.66. The lowest BCUT2D eigenvalue weighted by molar-refractivity contribution is -0.385. The van der Waals surface area contributed by atoms with Crippen molar-refractivity contribution in [2.75, 3.05) is 0 Å². The van der Waals surface area contributed by atoms with Crippen LogP contribution >= 0.6 is 22.9 Å². The Bertz CT molecular complexity index is 1040. The predicted octanol–water partition coefficient (Wildman–Crippen LogP) is 3.44. The number of phenolic OH excluding ortho intramolecular Hbond substituents is 1. The minimum atomic E-state index is -0.707. The molecule has 0 radical (unpaired) electrons. The molecule has 0 bridgehead atoms. The molecule has 7 nitrogen and oxygen atoms in total. The summed E-state index contributed by atoms with van der Waals surface area (Å²) in [6.45, 7) is 0. The quantitative estimate of drug-likeness (QED) is 0.439. The van der Waals surface area contributed by atoms with Crippen LogP contribution in [0.25, 0.3) is 10.2 Å². The van der Waals surface area contributed by atoms with Crippen molar-refractivity contribution in [1.82, 2.24) is 4.57 Å². The van der Waals surface area contributed by atoms with E-state index >= 15 is 0 Å². The predicted molar refractivity (Wildman–Crippen MR) is 93.7 cm³/mol. The summed E-state index contributed by atoms with van der Waals surface area (Å²) < 4.78 is 2.95. The highest BCUT2D eigenvalue weighted by Gasteiger charge is 2.17. The molecule has 3 aromatic rings. The first-order chi connectivity index (χ1) is 11.5. The first-order valence-electron chi connectivity index (χ1n) is 6.76. The summed E-state index contributed by atoms with van der Waals surface area (Å²) >= 11 is 7.29. The van der Waals surface area contributed by atoms with Crippen LogP contribution in [0.1, 0.15) is 5.56 Å². The molecule has 0 spiro atoms. The van der Waals surface area contributed by atoms with Crippen molar-refractivity contribution < 1.29 is 10.0 Å². The van der Waals surface area contributed by atoms with Gasteiger partial charge in [0, 0.05) is 23.7 Å². The number of phenols is 1. The van der Waals surface area contributed by atoms with E-state index in [9.17, 15) is 15.2 Å². The molecule has 0 saturated heterocycles. The van der Waals surface area contributed by atoms with Crippen LogP contribution in [0.15, 0.2) is 46.6 Å². The van der Waals surface area contributed by atoms with Crippen molar-refractivity contribution in [2.45, 2.75) is 0 Å². The number of rotatable bonds is 3. The molecule has 1 N–H and O–H groups in total. The normalized spacial score (nSPS) is 12.3. The van der Waals surface area contributed by atoms with Gasteiger partial charge in [0.05, 0.1) is 21.4 Å². The molecule has 24 heavy (non-hydrogen) atoms. The molecule has 3 rings (SSSR count). The fourth-order valence-corrected chi connectivity index (χ4v) is 3.36. The minimum absolute atomic E-state index is 0.127. The number of halogens is 1. The van der Waals surface area contributed by atoms with Crippen LogP contribution in [-0.2, 0) is 7.05 Å². The van der Waals surface area contributed by atoms with Crippen LogP contribution in [0, 0.1) is 10.1 Å². The standard InChI is InChI=1S/C15H11ClN4O3S/c1-19-11-4-2-3-5-13(11)24-15(19)18-17-8-9-6-10(16)7-12(14(9)21)20(22)23/h2-8,21H,1H3/b17-8-,18-15+. The van der Waals surface area contributed by atoms with E-state index in [0.29, 0.717) is 4.80 Å². The maximum Gasteiger partial charge on any atom is 0.312 e. The number of nitro benzene ring substituents is 1. The molecule has 0 aliphatic rings. The lowest BCUT2D eigenvalue weighted by Crippen LogP contribution is -2.08. The van der Waals surface area contributed by atoms with Crippen molar-refractivity contribution in [1.29, 1.82) is 0 Å². The Morgan fingerprint density at radius 1 is 1.38 bits per heavy atom. The summed E-state index contributed by atoms with van der Waals surface area (Å²) in [4.78, 5) is 10.8. The minimum Gasteiger partial charge on any atom is -0.502 e. The Balaban J connectivity index is 2.02. The van der Waals surface area contributed by atoms with Crippen LogP contribution < -0.4 is 4.80 Å². The zero-order valence-corrected chi connectivity index (χ0v) is 14.0. The van der Waals surface area contributed by atoms with Gasteiger partial charge < -0.3 is 9.67 Å². The number of hydrogen-bond acceptors (Lipinski definition) is 6. The number of aryl methyl sites for hydroxylation is 1. The lowest BCUT2D eigenvalue weighted by atomic mass is 10.2. The third kappa shape index (κ3) is 3.01. The highest BCUT2D eigenvalue weighted by atomic mass is 35.5. The smallest absolute Gasteiger partial charge is 0.312 e. The Morgan fingerprint density at radius 2 is 2.12 bits per heavy atom. The number of aromatic nitrogens is 1. The highest BCUT2D eigenvalue weighted by molar-refractivity contribution is 7.16. The van der Waals surface area contributed by atoms with E-state index < -0.39 is 16.4 Å². The number of thiazole rings is 1. The van der Waals surface area contributed by atoms with E-state index in [2.05, 4.69) is 10.2 Å². The number of benzene rings is 2. The maximum atomic E-state index is 10.9. The van der Waals surface area contributed by atoms with E-state index in [1.165, 1.54) is 23.6 Å². The van der Waals surface area contributed by atoms with E-state index in [-0.39, 0.29) is 10.6 Å². The second kappa shape index (κ2) is 6.42. The summed E-state index contributed by atoms with van der Waals surface area (Å²) in [5, 5.41) is 29.0. The van der Waals surface area contributed by atoms with Gasteiger partial charge in [-0.1, -0.05) is 35.1 Å². The van der Waals surface area contributed by atoms with Gasteiger partial charge in [0.25, 0.3) is 0 Å². The van der Waals surface area contributed by atoms with Crippen LogP contribution in [-0.4, -0.2) is 20.8 Å². The molecule has 0 aliphatic heterocycles. The second-order valence-electron chi connectivity index (χ2n) is 4.88. The number of hydrogen-bond donors (Lipinski definition) is 1. The first kappa shape index (κ1) is 16.2. The Hall–Kier alpha value is -2.71. The first-order valence-corrected chi connectivity index (χ1v) is 7.95. The van der Waals surface area contributed by atoms with Gasteiger partial charge in [0.2, 0.25) is 10.6 Å². The molecular weight excluding hydrogens is 352 g/mol.